The Morgan fingerprint density at radius 2 is 2.24 bits per heavy atom. The maximum absolute atomic E-state index is 11.5. The molecule has 0 fully saturated rings. The normalized spacial score (nSPS) is 11.4. The van der Waals surface area contributed by atoms with E-state index < -0.39 is 4.92 Å². The van der Waals surface area contributed by atoms with Gasteiger partial charge in [0.15, 0.2) is 0 Å². The van der Waals surface area contributed by atoms with E-state index >= 15 is 0 Å². The molecule has 96 valence electrons. The van der Waals surface area contributed by atoms with Crippen molar-refractivity contribution in [2.75, 3.05) is 13.6 Å². The molecular weight excluding hydrogens is 266 g/mol. The van der Waals surface area contributed by atoms with Gasteiger partial charge in [0.25, 0.3) is 5.91 Å². The molecule has 1 amide bonds. The van der Waals surface area contributed by atoms with Gasteiger partial charge in [0.05, 0.1) is 9.80 Å². The summed E-state index contributed by atoms with van der Waals surface area (Å²) in [5.41, 5.74) is 0. The van der Waals surface area contributed by atoms with Crippen LogP contribution in [0.3, 0.4) is 0 Å². The maximum atomic E-state index is 11.5. The zero-order chi connectivity index (χ0) is 12.1. The summed E-state index contributed by atoms with van der Waals surface area (Å²) < 4.78 is 0. The fourth-order valence-corrected chi connectivity index (χ4v) is 1.72. The minimum atomic E-state index is -0.502. The summed E-state index contributed by atoms with van der Waals surface area (Å²) in [4.78, 5) is 21.8. The van der Waals surface area contributed by atoms with Crippen molar-refractivity contribution in [1.29, 1.82) is 0 Å². The average Bonchev–Trinajstić information content (AvgIpc) is 2.74. The Labute approximate surface area is 109 Å². The molecule has 6 nitrogen and oxygen atoms in total. The second-order valence-corrected chi connectivity index (χ2v) is 4.36. The number of likely N-dealkylation sites (N-methyl/N-ethyl adjacent to an activating group) is 1. The van der Waals surface area contributed by atoms with Gasteiger partial charge in [-0.05, 0) is 20.0 Å². The van der Waals surface area contributed by atoms with Crippen molar-refractivity contribution >= 4 is 34.7 Å². The maximum Gasteiger partial charge on any atom is 0.324 e. The van der Waals surface area contributed by atoms with Crippen LogP contribution >= 0.6 is 23.7 Å². The molecule has 17 heavy (non-hydrogen) atoms. The summed E-state index contributed by atoms with van der Waals surface area (Å²) >= 11 is 0.877. The van der Waals surface area contributed by atoms with Crippen LogP contribution in [0.2, 0.25) is 0 Å². The summed E-state index contributed by atoms with van der Waals surface area (Å²) in [5.74, 6) is -0.278. The fraction of sp³-hybridized carbons (Fsp3) is 0.444. The van der Waals surface area contributed by atoms with Crippen molar-refractivity contribution in [3.63, 3.8) is 0 Å². The second kappa shape index (κ2) is 7.21. The van der Waals surface area contributed by atoms with Gasteiger partial charge in [-0.3, -0.25) is 14.9 Å². The summed E-state index contributed by atoms with van der Waals surface area (Å²) in [6.45, 7) is 2.41. The second-order valence-electron chi connectivity index (χ2n) is 3.29. The highest BCUT2D eigenvalue weighted by Crippen LogP contribution is 2.23. The van der Waals surface area contributed by atoms with Crippen molar-refractivity contribution in [3.8, 4) is 0 Å². The highest BCUT2D eigenvalue weighted by molar-refractivity contribution is 7.17. The molecule has 0 bridgehead atoms. The molecule has 0 aliphatic heterocycles. The van der Waals surface area contributed by atoms with Gasteiger partial charge in [-0.1, -0.05) is 11.3 Å². The highest BCUT2D eigenvalue weighted by Gasteiger charge is 2.15. The molecule has 1 unspecified atom stereocenters. The molecule has 1 atom stereocenters. The summed E-state index contributed by atoms with van der Waals surface area (Å²) in [7, 11) is 1.80. The number of halogens is 1. The van der Waals surface area contributed by atoms with Crippen LogP contribution in [0, 0.1) is 10.1 Å². The third kappa shape index (κ3) is 4.68. The SMILES string of the molecule is CNC(C)CNC(=O)c1ccc([N+](=O)[O-])s1.Cl. The summed E-state index contributed by atoms with van der Waals surface area (Å²) in [6, 6.07) is 2.96. The Morgan fingerprint density at radius 1 is 1.59 bits per heavy atom. The van der Waals surface area contributed by atoms with Gasteiger partial charge in [-0.2, -0.15) is 0 Å². The van der Waals surface area contributed by atoms with E-state index in [-0.39, 0.29) is 29.4 Å². The van der Waals surface area contributed by atoms with Crippen LogP contribution in [0.1, 0.15) is 16.6 Å². The number of carbonyl (C=O) groups is 1. The van der Waals surface area contributed by atoms with Crippen molar-refractivity contribution in [2.45, 2.75) is 13.0 Å². The highest BCUT2D eigenvalue weighted by atomic mass is 35.5. The van der Waals surface area contributed by atoms with Gasteiger partial charge in [0, 0.05) is 18.7 Å². The summed E-state index contributed by atoms with van der Waals surface area (Å²) in [5, 5.41) is 16.1. The van der Waals surface area contributed by atoms with Gasteiger partial charge >= 0.3 is 5.00 Å². The van der Waals surface area contributed by atoms with E-state index in [1.165, 1.54) is 12.1 Å². The van der Waals surface area contributed by atoms with Crippen molar-refractivity contribution in [3.05, 3.63) is 27.1 Å². The van der Waals surface area contributed by atoms with Crippen LogP contribution in [-0.2, 0) is 0 Å². The van der Waals surface area contributed by atoms with Gasteiger partial charge < -0.3 is 10.6 Å². The molecule has 0 spiro atoms. The molecule has 1 aromatic heterocycles. The zero-order valence-corrected chi connectivity index (χ0v) is 11.1. The van der Waals surface area contributed by atoms with E-state index in [2.05, 4.69) is 10.6 Å². The minimum absolute atomic E-state index is 0. The first-order chi connectivity index (χ1) is 7.54. The predicted molar refractivity (Wildman–Crippen MR) is 69.1 cm³/mol. The van der Waals surface area contributed by atoms with Crippen molar-refractivity contribution in [1.82, 2.24) is 10.6 Å². The molecule has 1 heterocycles. The summed E-state index contributed by atoms with van der Waals surface area (Å²) in [6.07, 6.45) is 0. The van der Waals surface area contributed by atoms with E-state index in [1.807, 2.05) is 6.92 Å². The molecule has 0 saturated heterocycles. The van der Waals surface area contributed by atoms with Gasteiger partial charge in [-0.15, -0.1) is 12.4 Å². The van der Waals surface area contributed by atoms with Crippen LogP contribution in [0.25, 0.3) is 0 Å². The minimum Gasteiger partial charge on any atom is -0.350 e. The number of nitro groups is 1. The van der Waals surface area contributed by atoms with E-state index in [1.54, 1.807) is 7.05 Å². The molecule has 0 aromatic carbocycles. The number of thiophene rings is 1. The van der Waals surface area contributed by atoms with Crippen molar-refractivity contribution in [2.24, 2.45) is 0 Å². The molecule has 1 rings (SSSR count). The van der Waals surface area contributed by atoms with E-state index in [0.717, 1.165) is 11.3 Å². The Balaban J connectivity index is 0.00000256. The first-order valence-electron chi connectivity index (χ1n) is 4.74. The Morgan fingerprint density at radius 3 is 2.71 bits per heavy atom. The zero-order valence-electron chi connectivity index (χ0n) is 9.43. The van der Waals surface area contributed by atoms with Crippen LogP contribution in [0.4, 0.5) is 5.00 Å². The molecule has 1 aromatic rings. The molecule has 0 aliphatic rings. The number of hydrogen-bond acceptors (Lipinski definition) is 5. The third-order valence-corrected chi connectivity index (χ3v) is 3.09. The van der Waals surface area contributed by atoms with Crippen LogP contribution in [-0.4, -0.2) is 30.5 Å². The van der Waals surface area contributed by atoms with Crippen LogP contribution < -0.4 is 10.6 Å². The third-order valence-electron chi connectivity index (χ3n) is 2.06. The lowest BCUT2D eigenvalue weighted by Crippen LogP contribution is -2.36. The quantitative estimate of drug-likeness (QED) is 0.630. The predicted octanol–water partition coefficient (Wildman–Crippen LogP) is 1.42. The monoisotopic (exact) mass is 279 g/mol. The van der Waals surface area contributed by atoms with Gasteiger partial charge in [0.2, 0.25) is 0 Å². The van der Waals surface area contributed by atoms with Gasteiger partial charge in [-0.25, -0.2) is 0 Å². The Bertz CT molecular complexity index is 397. The van der Waals surface area contributed by atoms with Crippen LogP contribution in [0.15, 0.2) is 12.1 Å². The lowest BCUT2D eigenvalue weighted by molar-refractivity contribution is -0.380. The Kier molecular flexibility index (Phi) is 6.71. The Hall–Kier alpha value is -1.18. The number of nitrogens with one attached hydrogen (secondary N) is 2. The molecule has 2 N–H and O–H groups in total. The number of amides is 1. The number of nitrogens with zero attached hydrogens (tertiary/aromatic N) is 1. The number of rotatable bonds is 5. The fourth-order valence-electron chi connectivity index (χ4n) is 0.983. The first kappa shape index (κ1) is 15.8. The van der Waals surface area contributed by atoms with Crippen molar-refractivity contribution < 1.29 is 9.72 Å². The number of hydrogen-bond donors (Lipinski definition) is 2. The lowest BCUT2D eigenvalue weighted by Gasteiger charge is -2.10. The molecule has 0 aliphatic carbocycles. The molecule has 8 heteroatoms. The largest absolute Gasteiger partial charge is 0.350 e. The lowest BCUT2D eigenvalue weighted by atomic mass is 10.3. The molecule has 0 saturated carbocycles. The smallest absolute Gasteiger partial charge is 0.324 e. The molecular formula is C9H14ClN3O3S. The van der Waals surface area contributed by atoms with E-state index in [9.17, 15) is 14.9 Å². The van der Waals surface area contributed by atoms with E-state index in [4.69, 9.17) is 0 Å². The van der Waals surface area contributed by atoms with Gasteiger partial charge in [0.1, 0.15) is 0 Å². The topological polar surface area (TPSA) is 84.3 Å². The first-order valence-corrected chi connectivity index (χ1v) is 5.56. The average molecular weight is 280 g/mol. The van der Waals surface area contributed by atoms with E-state index in [0.29, 0.717) is 11.4 Å². The molecule has 0 radical (unpaired) electrons. The number of carbonyl (C=O) groups excluding carboxylic acids is 1. The standard InChI is InChI=1S/C9H13N3O3S.ClH/c1-6(10-2)5-11-9(13)7-3-4-8(16-7)12(14)15;/h3-4,6,10H,5H2,1-2H3,(H,11,13);1H. The van der Waals surface area contributed by atoms with Crippen LogP contribution in [0.5, 0.6) is 0 Å².